The van der Waals surface area contributed by atoms with Gasteiger partial charge >= 0.3 is 0 Å². The molecule has 1 spiro atoms. The average Bonchev–Trinajstić information content (AvgIpc) is 4.07. The summed E-state index contributed by atoms with van der Waals surface area (Å²) < 4.78 is 13.1. The molecule has 74 heavy (non-hydrogen) atoms. The second-order valence-electron chi connectivity index (χ2n) is 22.9. The molecule has 5 heterocycles. The molecule has 390 valence electrons. The van der Waals surface area contributed by atoms with Crippen LogP contribution in [0.2, 0.25) is 10.0 Å². The number of halogens is 2. The SMILES string of the molecule is CCC12C(=O)C34C5C[C@H](Cc6ccc(Cl)cc6)N(C)C3[C@@H](COC)NC4[C@H](C)N(Cc3ccc(Cl)cc3Oc3ccc(-c4cncc(C6CCC(=O)CC6)c4)cc3)C1C[C@@H](Cc1ccccc1)C2N(C)[C@@H](C)CN5. The van der Waals surface area contributed by atoms with E-state index >= 15 is 4.79 Å². The molecule has 12 atom stereocenters. The van der Waals surface area contributed by atoms with Crippen molar-refractivity contribution in [2.24, 2.45) is 16.7 Å². The van der Waals surface area contributed by atoms with Gasteiger partial charge in [0.15, 0.2) is 5.78 Å². The number of nitrogens with zero attached hydrogens (tertiary/aromatic N) is 4. The topological polar surface area (TPSA) is 99.3 Å². The van der Waals surface area contributed by atoms with E-state index in [1.54, 1.807) is 7.11 Å². The number of hydrogen-bond donors (Lipinski definition) is 2. The molecule has 6 aliphatic rings. The summed E-state index contributed by atoms with van der Waals surface area (Å²) in [5, 5.41) is 9.81. The Morgan fingerprint density at radius 2 is 1.53 bits per heavy atom. The van der Waals surface area contributed by atoms with Gasteiger partial charge in [0.2, 0.25) is 0 Å². The Bertz CT molecular complexity index is 2810. The third kappa shape index (κ3) is 9.06. The fourth-order valence-corrected chi connectivity index (χ4v) is 16.0. The van der Waals surface area contributed by atoms with E-state index in [0.29, 0.717) is 60.0 Å². The molecule has 2 saturated carbocycles. The number of benzene rings is 4. The van der Waals surface area contributed by atoms with Crippen molar-refractivity contribution in [3.63, 3.8) is 0 Å². The minimum Gasteiger partial charge on any atom is -0.457 e. The van der Waals surface area contributed by atoms with E-state index in [-0.39, 0.29) is 60.3 Å². The summed E-state index contributed by atoms with van der Waals surface area (Å²) in [6, 6.07) is 35.5. The predicted molar refractivity (Wildman–Crippen MR) is 295 cm³/mol. The van der Waals surface area contributed by atoms with E-state index in [0.717, 1.165) is 73.2 Å². The van der Waals surface area contributed by atoms with Crippen LogP contribution in [0.15, 0.2) is 116 Å². The van der Waals surface area contributed by atoms with E-state index in [1.165, 1.54) is 16.7 Å². The fourth-order valence-electron chi connectivity index (χ4n) is 15.7. The van der Waals surface area contributed by atoms with Crippen molar-refractivity contribution in [1.29, 1.82) is 0 Å². The molecule has 4 saturated heterocycles. The van der Waals surface area contributed by atoms with Gasteiger partial charge in [0.25, 0.3) is 0 Å². The lowest BCUT2D eigenvalue weighted by atomic mass is 9.54. The van der Waals surface area contributed by atoms with Crippen molar-refractivity contribution in [1.82, 2.24) is 30.3 Å². The Hall–Kier alpha value is -4.49. The summed E-state index contributed by atoms with van der Waals surface area (Å²) in [6.07, 6.45) is 11.1. The number of likely N-dealkylation sites (tertiary alicyclic amines) is 2. The van der Waals surface area contributed by atoms with Gasteiger partial charge < -0.3 is 20.1 Å². The highest BCUT2D eigenvalue weighted by Crippen LogP contribution is 2.63. The molecule has 12 heteroatoms. The average molecular weight is 1040 g/mol. The monoisotopic (exact) mass is 1040 g/mol. The summed E-state index contributed by atoms with van der Waals surface area (Å²) in [7, 11) is 6.39. The zero-order chi connectivity index (χ0) is 51.5. The van der Waals surface area contributed by atoms with Crippen LogP contribution in [0.3, 0.4) is 0 Å². The molecule has 0 radical (unpaired) electrons. The van der Waals surface area contributed by atoms with E-state index in [2.05, 4.69) is 132 Å². The Kier molecular flexibility index (Phi) is 14.7. The van der Waals surface area contributed by atoms with E-state index < -0.39 is 10.8 Å². The fraction of sp³-hybridized carbons (Fsp3) is 0.500. The van der Waals surface area contributed by atoms with Gasteiger partial charge in [0.1, 0.15) is 17.3 Å². The van der Waals surface area contributed by atoms with Crippen molar-refractivity contribution in [2.45, 2.75) is 145 Å². The summed E-state index contributed by atoms with van der Waals surface area (Å²) in [4.78, 5) is 42.1. The lowest BCUT2D eigenvalue weighted by molar-refractivity contribution is -0.154. The van der Waals surface area contributed by atoms with E-state index in [4.69, 9.17) is 32.7 Å². The highest BCUT2D eigenvalue weighted by atomic mass is 35.5. The molecule has 2 N–H and O–H groups in total. The number of ether oxygens (including phenoxy) is 2. The number of carbonyl (C=O) groups is 2. The first kappa shape index (κ1) is 51.6. The normalized spacial score (nSPS) is 32.6. The number of carbonyl (C=O) groups excluding carboxylic acids is 2. The second-order valence-corrected chi connectivity index (χ2v) is 23.8. The van der Waals surface area contributed by atoms with Crippen LogP contribution in [-0.4, -0.2) is 120 Å². The van der Waals surface area contributed by atoms with Gasteiger partial charge in [-0.15, -0.1) is 0 Å². The van der Waals surface area contributed by atoms with Crippen molar-refractivity contribution in [2.75, 3.05) is 34.4 Å². The van der Waals surface area contributed by atoms with Gasteiger partial charge in [-0.25, -0.2) is 0 Å². The standard InChI is InChI=1S/C62H74Cl2N6O4/c1-7-61-56-30-45(27-40-11-9-8-10-12-40)58(61)68(4)38(2)33-66-55-32-50(28-41-13-20-48(63)21-14-41)69(5)59-53(37-73-6)67-57(62(55,59)60(61)72)39(3)70(56)36-44-15-22-49(64)31-54(44)74-52-25-18-43(19-26-52)47-29-46(34-65-35-47)42-16-23-51(71)24-17-42/h8-15,18-22,25-26,29,31,34-35,38-39,42,45,50,53,55-59,66-67H,7,16-17,23-24,27-28,30,32-33,36-37H2,1-6H3/t38-,39-,45+,50-,53+,55?,56?,57?,58?,59?,61?,62?/m0/s1. The van der Waals surface area contributed by atoms with Crippen molar-refractivity contribution < 1.29 is 19.1 Å². The van der Waals surface area contributed by atoms with E-state index in [9.17, 15) is 4.79 Å². The maximum atomic E-state index is 17.5. The number of rotatable bonds is 13. The number of Topliss-reactive ketones (excluding diaryl/α,β-unsaturated/α-hetero) is 2. The van der Waals surface area contributed by atoms with Gasteiger partial charge in [-0.05, 0) is 149 Å². The van der Waals surface area contributed by atoms with Crippen LogP contribution in [0, 0.1) is 16.7 Å². The molecule has 2 aliphatic carbocycles. The number of piperidine rings is 1. The molecule has 4 aromatic carbocycles. The zero-order valence-corrected chi connectivity index (χ0v) is 45.5. The number of nitrogens with one attached hydrogen (secondary N) is 2. The zero-order valence-electron chi connectivity index (χ0n) is 44.0. The largest absolute Gasteiger partial charge is 0.457 e. The van der Waals surface area contributed by atoms with Crippen LogP contribution < -0.4 is 15.4 Å². The molecular formula is C62H74Cl2N6O4. The summed E-state index contributed by atoms with van der Waals surface area (Å²) >= 11 is 13.3. The number of likely N-dealkylation sites (N-methyl/N-ethyl adjacent to an activating group) is 2. The highest BCUT2D eigenvalue weighted by Gasteiger charge is 2.77. The summed E-state index contributed by atoms with van der Waals surface area (Å²) in [5.74, 6) is 2.78. The van der Waals surface area contributed by atoms with Crippen LogP contribution in [0.4, 0.5) is 0 Å². The number of methoxy groups -OCH3 is 1. The van der Waals surface area contributed by atoms with Crippen LogP contribution in [0.5, 0.6) is 11.5 Å². The molecule has 4 aliphatic heterocycles. The van der Waals surface area contributed by atoms with Crippen LogP contribution in [0.25, 0.3) is 11.1 Å². The number of aromatic nitrogens is 1. The molecule has 0 amide bonds. The van der Waals surface area contributed by atoms with Gasteiger partial charge in [0.05, 0.1) is 17.4 Å². The third-order valence-electron chi connectivity index (χ3n) is 19.2. The van der Waals surface area contributed by atoms with Crippen molar-refractivity contribution >= 4 is 34.8 Å². The van der Waals surface area contributed by atoms with Gasteiger partial charge in [-0.1, -0.05) is 90.8 Å². The lowest BCUT2D eigenvalue weighted by Gasteiger charge is -2.57. The molecule has 7 unspecified atom stereocenters. The first-order chi connectivity index (χ1) is 35.8. The quantitative estimate of drug-likeness (QED) is 0.119. The summed E-state index contributed by atoms with van der Waals surface area (Å²) in [6.45, 7) is 8.92. The highest BCUT2D eigenvalue weighted by molar-refractivity contribution is 6.31. The Balaban J connectivity index is 0.997. The molecule has 1 aromatic heterocycles. The maximum Gasteiger partial charge on any atom is 0.153 e. The smallest absolute Gasteiger partial charge is 0.153 e. The summed E-state index contributed by atoms with van der Waals surface area (Å²) in [5.41, 5.74) is 5.38. The molecule has 6 fully saturated rings. The maximum absolute atomic E-state index is 17.5. The van der Waals surface area contributed by atoms with Crippen molar-refractivity contribution in [3.05, 3.63) is 148 Å². The number of pyridine rings is 1. The lowest BCUT2D eigenvalue weighted by Crippen LogP contribution is -2.73. The molecule has 10 nitrogen and oxygen atoms in total. The Morgan fingerprint density at radius 3 is 2.26 bits per heavy atom. The van der Waals surface area contributed by atoms with Gasteiger partial charge in [-0.3, -0.25) is 29.3 Å². The Labute approximate surface area is 448 Å². The molecule has 2 bridgehead atoms. The van der Waals surface area contributed by atoms with Gasteiger partial charge in [-0.2, -0.15) is 0 Å². The van der Waals surface area contributed by atoms with Crippen molar-refractivity contribution in [3.8, 4) is 22.6 Å². The first-order valence-electron chi connectivity index (χ1n) is 27.4. The third-order valence-corrected chi connectivity index (χ3v) is 19.7. The van der Waals surface area contributed by atoms with Crippen LogP contribution >= 0.6 is 23.2 Å². The minimum atomic E-state index is -0.785. The molecule has 11 rings (SSSR count). The predicted octanol–water partition coefficient (Wildman–Crippen LogP) is 10.8. The minimum absolute atomic E-state index is 0.00924. The van der Waals surface area contributed by atoms with Gasteiger partial charge in [0, 0.05) is 121 Å². The molecule has 5 aromatic rings. The number of hydrogen-bond acceptors (Lipinski definition) is 10. The molecular weight excluding hydrogens is 964 g/mol. The second kappa shape index (κ2) is 21.1. The first-order valence-corrected chi connectivity index (χ1v) is 28.1. The van der Waals surface area contributed by atoms with Crippen LogP contribution in [0.1, 0.15) is 93.9 Å². The van der Waals surface area contributed by atoms with Crippen LogP contribution in [-0.2, 0) is 33.7 Å². The number of ketones is 2. The van der Waals surface area contributed by atoms with E-state index in [1.807, 2.05) is 48.8 Å². The Morgan fingerprint density at radius 1 is 0.797 bits per heavy atom.